The molecule has 94 valence electrons. The van der Waals surface area contributed by atoms with Gasteiger partial charge in [0, 0.05) is 12.0 Å². The van der Waals surface area contributed by atoms with Crippen LogP contribution in [0.25, 0.3) is 0 Å². The normalized spacial score (nSPS) is 35.1. The summed E-state index contributed by atoms with van der Waals surface area (Å²) in [5, 5.41) is 2.67. The largest absolute Gasteiger partial charge is 0.394 e. The molecule has 0 unspecified atom stereocenters. The van der Waals surface area contributed by atoms with E-state index < -0.39 is 17.1 Å². The Hall–Kier alpha value is -0.740. The molecular weight excluding hydrogens is 219 g/mol. The van der Waals surface area contributed by atoms with Crippen molar-refractivity contribution in [3.8, 4) is 0 Å². The zero-order chi connectivity index (χ0) is 12.6. The molecule has 2 bridgehead atoms. The van der Waals surface area contributed by atoms with Gasteiger partial charge in [0.1, 0.15) is 0 Å². The number of carbonyl (C=O) groups excluding carboxylic acids is 1. The van der Waals surface area contributed by atoms with Crippen molar-refractivity contribution in [1.82, 2.24) is 5.32 Å². The Kier molecular flexibility index (Phi) is 3.27. The highest BCUT2D eigenvalue weighted by atomic mass is 19.4. The minimum absolute atomic E-state index is 0.0786. The van der Waals surface area contributed by atoms with Gasteiger partial charge in [-0.05, 0) is 19.3 Å². The van der Waals surface area contributed by atoms with Gasteiger partial charge < -0.3 is 5.32 Å². The molecule has 3 aliphatic carbocycles. The molecule has 16 heavy (non-hydrogen) atoms. The number of hydrogen-bond acceptors (Lipinski definition) is 1. The summed E-state index contributed by atoms with van der Waals surface area (Å²) in [6, 6.07) is 0. The Morgan fingerprint density at radius 2 is 1.69 bits per heavy atom. The molecular formula is C11H18F3NO. The molecule has 3 fully saturated rings. The Morgan fingerprint density at radius 1 is 1.25 bits per heavy atom. The number of amides is 1. The second kappa shape index (κ2) is 3.93. The molecule has 2 nitrogen and oxygen atoms in total. The van der Waals surface area contributed by atoms with Crippen LogP contribution in [-0.4, -0.2) is 17.6 Å². The maximum absolute atomic E-state index is 12.4. The average Bonchev–Trinajstić information content (AvgIpc) is 2.09. The predicted octanol–water partition coefficient (Wildman–Crippen LogP) is 3.02. The van der Waals surface area contributed by atoms with Gasteiger partial charge in [-0.3, -0.25) is 4.79 Å². The van der Waals surface area contributed by atoms with Gasteiger partial charge in [-0.15, -0.1) is 0 Å². The summed E-state index contributed by atoms with van der Waals surface area (Å²) in [7, 11) is 0. The van der Waals surface area contributed by atoms with Gasteiger partial charge in [-0.25, -0.2) is 0 Å². The third kappa shape index (κ3) is 1.80. The molecule has 0 saturated heterocycles. The van der Waals surface area contributed by atoms with Crippen LogP contribution in [0.15, 0.2) is 0 Å². The minimum Gasteiger partial charge on any atom is -0.351 e. The Labute approximate surface area is 93.6 Å². The van der Waals surface area contributed by atoms with Crippen molar-refractivity contribution in [3.05, 3.63) is 0 Å². The summed E-state index contributed by atoms with van der Waals surface area (Å²) in [6.07, 6.45) is -3.52. The highest BCUT2D eigenvalue weighted by Crippen LogP contribution is 2.73. The summed E-state index contributed by atoms with van der Waals surface area (Å²) >= 11 is 0. The first-order valence-electron chi connectivity index (χ1n) is 5.70. The van der Waals surface area contributed by atoms with Gasteiger partial charge in [-0.1, -0.05) is 20.8 Å². The molecule has 0 heterocycles. The molecule has 0 aromatic rings. The Bertz CT molecular complexity index is 266. The molecule has 0 atom stereocenters. The lowest BCUT2D eigenvalue weighted by Gasteiger charge is -2.70. The highest BCUT2D eigenvalue weighted by Gasteiger charge is 2.78. The van der Waals surface area contributed by atoms with E-state index in [1.807, 2.05) is 13.8 Å². The Balaban J connectivity index is 0.000000606. The third-order valence-electron chi connectivity index (χ3n) is 3.36. The van der Waals surface area contributed by atoms with E-state index in [4.69, 9.17) is 0 Å². The van der Waals surface area contributed by atoms with Crippen LogP contribution in [0.1, 0.15) is 46.5 Å². The number of hydrogen-bond donors (Lipinski definition) is 1. The lowest BCUT2D eigenvalue weighted by atomic mass is 9.39. The molecule has 0 spiro atoms. The fourth-order valence-electron chi connectivity index (χ4n) is 2.61. The van der Waals surface area contributed by atoms with Crippen LogP contribution in [0, 0.1) is 5.41 Å². The first-order chi connectivity index (χ1) is 7.33. The van der Waals surface area contributed by atoms with Gasteiger partial charge in [0.25, 0.3) is 0 Å². The van der Waals surface area contributed by atoms with E-state index in [9.17, 15) is 18.0 Å². The molecule has 1 N–H and O–H groups in total. The first kappa shape index (κ1) is 13.3. The van der Waals surface area contributed by atoms with Crippen molar-refractivity contribution in [3.63, 3.8) is 0 Å². The van der Waals surface area contributed by atoms with Crippen LogP contribution < -0.4 is 5.32 Å². The van der Waals surface area contributed by atoms with Crippen LogP contribution >= 0.6 is 0 Å². The van der Waals surface area contributed by atoms with E-state index in [-0.39, 0.29) is 25.2 Å². The monoisotopic (exact) mass is 237 g/mol. The number of rotatable bonds is 2. The van der Waals surface area contributed by atoms with E-state index in [1.54, 1.807) is 6.92 Å². The zero-order valence-corrected chi connectivity index (χ0v) is 9.87. The van der Waals surface area contributed by atoms with Gasteiger partial charge in [0.2, 0.25) is 5.91 Å². The zero-order valence-electron chi connectivity index (χ0n) is 9.87. The summed E-state index contributed by atoms with van der Waals surface area (Å²) in [6.45, 7) is 5.69. The number of alkyl halides is 3. The molecule has 3 rings (SSSR count). The number of carbonyl (C=O) groups is 1. The van der Waals surface area contributed by atoms with Crippen molar-refractivity contribution in [2.75, 3.05) is 0 Å². The second-order valence-corrected chi connectivity index (χ2v) is 4.49. The van der Waals surface area contributed by atoms with Crippen molar-refractivity contribution < 1.29 is 18.0 Å². The van der Waals surface area contributed by atoms with Crippen molar-refractivity contribution in [2.45, 2.75) is 58.2 Å². The van der Waals surface area contributed by atoms with Crippen molar-refractivity contribution in [1.29, 1.82) is 0 Å². The number of nitrogens with one attached hydrogen (secondary N) is 1. The minimum atomic E-state index is -4.09. The average molecular weight is 237 g/mol. The lowest BCUT2D eigenvalue weighted by molar-refractivity contribution is -0.337. The molecule has 0 aromatic carbocycles. The van der Waals surface area contributed by atoms with Crippen LogP contribution in [0.4, 0.5) is 13.2 Å². The fraction of sp³-hybridized carbons (Fsp3) is 0.909. The summed E-state index contributed by atoms with van der Waals surface area (Å²) < 4.78 is 37.2. The summed E-state index contributed by atoms with van der Waals surface area (Å²) in [4.78, 5) is 11.0. The molecule has 1 amide bonds. The van der Waals surface area contributed by atoms with E-state index in [0.717, 1.165) is 0 Å². The van der Waals surface area contributed by atoms with E-state index >= 15 is 0 Å². The number of halogens is 3. The van der Waals surface area contributed by atoms with Crippen LogP contribution in [0.2, 0.25) is 0 Å². The fourth-order valence-corrected chi connectivity index (χ4v) is 2.61. The summed E-state index contributed by atoms with van der Waals surface area (Å²) in [5.41, 5.74) is -1.98. The van der Waals surface area contributed by atoms with E-state index in [2.05, 4.69) is 5.32 Å². The molecule has 0 aromatic heterocycles. The molecule has 5 heteroatoms. The standard InChI is InChI=1S/C9H12F3NO.C2H6/c1-2-6(14)13-8-3-7(4-8,5-8)9(10,11)12;1-2/h2-5H2,1H3,(H,13,14);1-2H3. The predicted molar refractivity (Wildman–Crippen MR) is 54.9 cm³/mol. The van der Waals surface area contributed by atoms with E-state index in [1.165, 1.54) is 0 Å². The first-order valence-corrected chi connectivity index (χ1v) is 5.70. The van der Waals surface area contributed by atoms with Crippen LogP contribution in [0.5, 0.6) is 0 Å². The SMILES string of the molecule is CC.CCC(=O)NC12CC(C(F)(F)F)(C1)C2. The second-order valence-electron chi connectivity index (χ2n) is 4.49. The third-order valence-corrected chi connectivity index (χ3v) is 3.36. The van der Waals surface area contributed by atoms with Gasteiger partial charge in [0.05, 0.1) is 5.41 Å². The maximum Gasteiger partial charge on any atom is 0.394 e. The molecule has 0 radical (unpaired) electrons. The lowest BCUT2D eigenvalue weighted by Crippen LogP contribution is -2.78. The van der Waals surface area contributed by atoms with Crippen LogP contribution in [0.3, 0.4) is 0 Å². The van der Waals surface area contributed by atoms with E-state index in [0.29, 0.717) is 6.42 Å². The van der Waals surface area contributed by atoms with Gasteiger partial charge in [-0.2, -0.15) is 13.2 Å². The smallest absolute Gasteiger partial charge is 0.351 e. The van der Waals surface area contributed by atoms with Gasteiger partial charge >= 0.3 is 6.18 Å². The van der Waals surface area contributed by atoms with Crippen molar-refractivity contribution in [2.24, 2.45) is 5.41 Å². The highest BCUT2D eigenvalue weighted by molar-refractivity contribution is 5.77. The van der Waals surface area contributed by atoms with Crippen molar-refractivity contribution >= 4 is 5.91 Å². The quantitative estimate of drug-likeness (QED) is 0.785. The Morgan fingerprint density at radius 3 is 2.00 bits per heavy atom. The molecule has 3 aliphatic rings. The van der Waals surface area contributed by atoms with Crippen LogP contribution in [-0.2, 0) is 4.79 Å². The molecule has 3 saturated carbocycles. The summed E-state index contributed by atoms with van der Waals surface area (Å²) in [5.74, 6) is -0.152. The van der Waals surface area contributed by atoms with Gasteiger partial charge in [0.15, 0.2) is 0 Å². The molecule has 0 aliphatic heterocycles. The topological polar surface area (TPSA) is 29.1 Å². The maximum atomic E-state index is 12.4.